The molecule has 0 saturated carbocycles. The van der Waals surface area contributed by atoms with Crippen molar-refractivity contribution >= 4 is 17.7 Å². The Labute approximate surface area is 118 Å². The van der Waals surface area contributed by atoms with Crippen LogP contribution in [0.5, 0.6) is 5.75 Å². The number of rotatable bonds is 7. The van der Waals surface area contributed by atoms with Gasteiger partial charge >= 0.3 is 0 Å². The largest absolute Gasteiger partial charge is 0.482 e. The van der Waals surface area contributed by atoms with Crippen LogP contribution in [0.25, 0.3) is 0 Å². The number of carbonyl (C=O) groups is 1. The number of thioether (sulfide) groups is 1. The van der Waals surface area contributed by atoms with E-state index in [0.717, 1.165) is 12.2 Å². The van der Waals surface area contributed by atoms with Crippen molar-refractivity contribution in [3.05, 3.63) is 29.8 Å². The number of carbonyl (C=O) groups excluding carboxylic acids is 1. The number of nitrogens with one attached hydrogen (secondary N) is 1. The average molecular weight is 278 g/mol. The van der Waals surface area contributed by atoms with E-state index in [1.807, 2.05) is 19.2 Å². The molecule has 1 aromatic rings. The number of nitriles is 1. The van der Waals surface area contributed by atoms with Gasteiger partial charge in [0, 0.05) is 6.04 Å². The summed E-state index contributed by atoms with van der Waals surface area (Å²) in [5.41, 5.74) is 0.436. The molecule has 0 spiro atoms. The van der Waals surface area contributed by atoms with Crippen LogP contribution in [0.4, 0.5) is 0 Å². The number of ether oxygens (including phenoxy) is 1. The van der Waals surface area contributed by atoms with Gasteiger partial charge < -0.3 is 10.1 Å². The quantitative estimate of drug-likeness (QED) is 0.830. The fraction of sp³-hybridized carbons (Fsp3) is 0.429. The van der Waals surface area contributed by atoms with Gasteiger partial charge in [0.1, 0.15) is 11.8 Å². The molecule has 1 amide bonds. The predicted molar refractivity (Wildman–Crippen MR) is 77.3 cm³/mol. The van der Waals surface area contributed by atoms with Gasteiger partial charge in [0.25, 0.3) is 5.91 Å². The van der Waals surface area contributed by atoms with Crippen LogP contribution in [0, 0.1) is 11.3 Å². The number of para-hydroxylation sites is 1. The van der Waals surface area contributed by atoms with Gasteiger partial charge in [-0.15, -0.1) is 0 Å². The number of hydrogen-bond donors (Lipinski definition) is 1. The first-order chi connectivity index (χ1) is 9.17. The Morgan fingerprint density at radius 2 is 2.26 bits per heavy atom. The van der Waals surface area contributed by atoms with Gasteiger partial charge in [-0.05, 0) is 37.5 Å². The Balaban J connectivity index is 2.40. The molecule has 0 aliphatic rings. The SMILES string of the molecule is CSCCC(C)NC(=O)COc1ccccc1C#N. The molecule has 1 rings (SSSR count). The molecule has 5 heteroatoms. The molecule has 4 nitrogen and oxygen atoms in total. The summed E-state index contributed by atoms with van der Waals surface area (Å²) in [5.74, 6) is 1.29. The van der Waals surface area contributed by atoms with Crippen molar-refractivity contribution in [1.29, 1.82) is 5.26 Å². The first-order valence-electron chi connectivity index (χ1n) is 6.07. The zero-order chi connectivity index (χ0) is 14.1. The third kappa shape index (κ3) is 5.66. The maximum absolute atomic E-state index is 11.7. The average Bonchev–Trinajstić information content (AvgIpc) is 2.43. The van der Waals surface area contributed by atoms with Crippen LogP contribution in [0.1, 0.15) is 18.9 Å². The summed E-state index contributed by atoms with van der Waals surface area (Å²) in [6.45, 7) is 1.90. The highest BCUT2D eigenvalue weighted by atomic mass is 32.2. The zero-order valence-electron chi connectivity index (χ0n) is 11.2. The van der Waals surface area contributed by atoms with Crippen molar-refractivity contribution in [2.75, 3.05) is 18.6 Å². The number of amides is 1. The second-order valence-corrected chi connectivity index (χ2v) is 5.13. The van der Waals surface area contributed by atoms with E-state index in [1.54, 1.807) is 36.0 Å². The molecular weight excluding hydrogens is 260 g/mol. The van der Waals surface area contributed by atoms with Gasteiger partial charge in [-0.3, -0.25) is 4.79 Å². The highest BCUT2D eigenvalue weighted by molar-refractivity contribution is 7.98. The monoisotopic (exact) mass is 278 g/mol. The lowest BCUT2D eigenvalue weighted by molar-refractivity contribution is -0.123. The van der Waals surface area contributed by atoms with Gasteiger partial charge in [-0.1, -0.05) is 12.1 Å². The Hall–Kier alpha value is -1.67. The second-order valence-electron chi connectivity index (χ2n) is 4.15. The summed E-state index contributed by atoms with van der Waals surface area (Å²) < 4.78 is 5.36. The van der Waals surface area contributed by atoms with Crippen LogP contribution in [-0.2, 0) is 4.79 Å². The van der Waals surface area contributed by atoms with Crippen molar-refractivity contribution in [2.45, 2.75) is 19.4 Å². The fourth-order valence-corrected chi connectivity index (χ4v) is 2.10. The maximum atomic E-state index is 11.7. The minimum absolute atomic E-state index is 0.0672. The van der Waals surface area contributed by atoms with Gasteiger partial charge in [0.15, 0.2) is 6.61 Å². The molecule has 1 aromatic carbocycles. The first-order valence-corrected chi connectivity index (χ1v) is 7.47. The van der Waals surface area contributed by atoms with Gasteiger partial charge in [-0.25, -0.2) is 0 Å². The lowest BCUT2D eigenvalue weighted by Gasteiger charge is -2.13. The molecule has 102 valence electrons. The summed E-state index contributed by atoms with van der Waals surface area (Å²) in [5, 5.41) is 11.8. The molecular formula is C14H18N2O2S. The van der Waals surface area contributed by atoms with Crippen molar-refractivity contribution in [2.24, 2.45) is 0 Å². The van der Waals surface area contributed by atoms with E-state index < -0.39 is 0 Å². The van der Waals surface area contributed by atoms with E-state index in [4.69, 9.17) is 10.00 Å². The Kier molecular flexibility index (Phi) is 6.83. The van der Waals surface area contributed by atoms with Gasteiger partial charge in [0.05, 0.1) is 5.56 Å². The molecule has 0 saturated heterocycles. The highest BCUT2D eigenvalue weighted by Crippen LogP contribution is 2.16. The third-order valence-corrected chi connectivity index (χ3v) is 3.17. The predicted octanol–water partition coefficient (Wildman–Crippen LogP) is 2.19. The topological polar surface area (TPSA) is 62.1 Å². The van der Waals surface area contributed by atoms with Crippen LogP contribution >= 0.6 is 11.8 Å². The first kappa shape index (κ1) is 15.4. The maximum Gasteiger partial charge on any atom is 0.258 e. The van der Waals surface area contributed by atoms with E-state index in [-0.39, 0.29) is 18.6 Å². The Bertz CT molecular complexity index is 457. The third-order valence-electron chi connectivity index (χ3n) is 2.53. The van der Waals surface area contributed by atoms with Crippen molar-refractivity contribution in [1.82, 2.24) is 5.32 Å². The summed E-state index contributed by atoms with van der Waals surface area (Å²) in [6, 6.07) is 9.04. The molecule has 0 aliphatic heterocycles. The fourth-order valence-electron chi connectivity index (χ4n) is 1.51. The number of hydrogen-bond acceptors (Lipinski definition) is 4. The molecule has 1 unspecified atom stereocenters. The van der Waals surface area contributed by atoms with Gasteiger partial charge in [0.2, 0.25) is 0 Å². The zero-order valence-corrected chi connectivity index (χ0v) is 12.0. The van der Waals surface area contributed by atoms with Crippen LogP contribution in [-0.4, -0.2) is 30.6 Å². The van der Waals surface area contributed by atoms with Crippen LogP contribution < -0.4 is 10.1 Å². The molecule has 1 N–H and O–H groups in total. The molecule has 0 radical (unpaired) electrons. The summed E-state index contributed by atoms with van der Waals surface area (Å²) in [4.78, 5) is 11.7. The summed E-state index contributed by atoms with van der Waals surface area (Å²) in [6.07, 6.45) is 2.97. The summed E-state index contributed by atoms with van der Waals surface area (Å²) >= 11 is 1.75. The van der Waals surface area contributed by atoms with Crippen LogP contribution in [0.3, 0.4) is 0 Å². The highest BCUT2D eigenvalue weighted by Gasteiger charge is 2.09. The van der Waals surface area contributed by atoms with E-state index >= 15 is 0 Å². The van der Waals surface area contributed by atoms with E-state index in [1.165, 1.54) is 0 Å². The van der Waals surface area contributed by atoms with Crippen LogP contribution in [0.2, 0.25) is 0 Å². The molecule has 0 aliphatic carbocycles. The lowest BCUT2D eigenvalue weighted by atomic mass is 10.2. The Morgan fingerprint density at radius 1 is 1.53 bits per heavy atom. The molecule has 1 atom stereocenters. The van der Waals surface area contributed by atoms with Crippen molar-refractivity contribution < 1.29 is 9.53 Å². The standard InChI is InChI=1S/C14H18N2O2S/c1-11(7-8-19-2)16-14(17)10-18-13-6-4-3-5-12(13)9-15/h3-6,11H,7-8,10H2,1-2H3,(H,16,17). The van der Waals surface area contributed by atoms with E-state index in [0.29, 0.717) is 11.3 Å². The number of nitrogens with zero attached hydrogens (tertiary/aromatic N) is 1. The van der Waals surface area contributed by atoms with Crippen molar-refractivity contribution in [3.63, 3.8) is 0 Å². The van der Waals surface area contributed by atoms with Crippen LogP contribution in [0.15, 0.2) is 24.3 Å². The molecule has 0 fully saturated rings. The molecule has 19 heavy (non-hydrogen) atoms. The minimum atomic E-state index is -0.165. The molecule has 0 heterocycles. The van der Waals surface area contributed by atoms with E-state index in [2.05, 4.69) is 5.32 Å². The lowest BCUT2D eigenvalue weighted by Crippen LogP contribution is -2.36. The second kappa shape index (κ2) is 8.44. The smallest absolute Gasteiger partial charge is 0.258 e. The molecule has 0 bridgehead atoms. The normalized spacial score (nSPS) is 11.4. The van der Waals surface area contributed by atoms with Crippen molar-refractivity contribution in [3.8, 4) is 11.8 Å². The van der Waals surface area contributed by atoms with Gasteiger partial charge in [-0.2, -0.15) is 17.0 Å². The number of benzene rings is 1. The Morgan fingerprint density at radius 3 is 2.95 bits per heavy atom. The summed E-state index contributed by atoms with van der Waals surface area (Å²) in [7, 11) is 0. The van der Waals surface area contributed by atoms with E-state index in [9.17, 15) is 4.79 Å². The minimum Gasteiger partial charge on any atom is -0.482 e. The molecule has 0 aromatic heterocycles.